The van der Waals surface area contributed by atoms with E-state index >= 15 is 0 Å². The summed E-state index contributed by atoms with van der Waals surface area (Å²) in [5.41, 5.74) is 9.97. The number of hydrogen-bond acceptors (Lipinski definition) is 15. The standard InChI is InChI=1S/C17H13ClIN3O2.C14H17IN2O4.C12H11IN2O3.C6H7IN2/c1-9-14(19)6-12-15(23)13(8-20-16(12)22-9)17(24)21-7-10-2-4-11(18)5-3-10;1-4-20-13(18)10(14(19)21-5-2)8-16-12-7-6-11(15)9(3)17-12;1-3-18-12(17)8-5-14-11-7(10(8)16)4-9(13)6(2)15-11;1-4-5(7)2-3-6(8)9-4/h2-6,8H,7H2,1H3,(H,21,24)(H,20,22,23);6-8H,4-5H2,1-3H3,(H,16,17);4-5H,3H2,1-2H3,(H,14,15,16);2-3H,1H3,(H2,8,9). The van der Waals surface area contributed by atoms with Gasteiger partial charge in [0, 0.05) is 44.4 Å². The first kappa shape index (κ1) is 59.2. The molecule has 18 nitrogen and oxygen atoms in total. The van der Waals surface area contributed by atoms with Crippen molar-refractivity contribution < 1.29 is 33.4 Å². The van der Waals surface area contributed by atoms with Gasteiger partial charge in [0.25, 0.3) is 5.91 Å². The van der Waals surface area contributed by atoms with Gasteiger partial charge in [-0.3, -0.25) is 14.4 Å². The number of carbonyl (C=O) groups excluding carboxylic acids is 4. The van der Waals surface area contributed by atoms with Gasteiger partial charge in [0.15, 0.2) is 5.57 Å². The lowest BCUT2D eigenvalue weighted by atomic mass is 10.1. The van der Waals surface area contributed by atoms with E-state index in [-0.39, 0.29) is 47.4 Å². The van der Waals surface area contributed by atoms with E-state index in [1.54, 1.807) is 57.2 Å². The SMILES string of the molecule is CCOC(=O)C(=CNc1ccc(I)c(C)n1)C(=O)OCC.CCOC(=O)c1c[nH]c2nc(C)c(I)cc2c1=O.Cc1nc(N)ccc1I.Cc1nc2[nH]cc(C(=O)NCc3ccc(Cl)cc3)c(=O)c2cc1I. The highest BCUT2D eigenvalue weighted by Crippen LogP contribution is 2.17. The molecular weight excluding hydrogens is 1400 g/mol. The number of carbonyl (C=O) groups is 4. The van der Waals surface area contributed by atoms with Crippen molar-refractivity contribution in [1.82, 2.24) is 35.2 Å². The summed E-state index contributed by atoms with van der Waals surface area (Å²) in [6, 6.07) is 18.0. The molecule has 6 heterocycles. The smallest absolute Gasteiger partial charge is 0.347 e. The second-order valence-corrected chi connectivity index (χ2v) is 19.8. The number of fused-ring (bicyclic) bond motifs is 2. The third kappa shape index (κ3) is 17.1. The molecule has 0 radical (unpaired) electrons. The van der Waals surface area contributed by atoms with Gasteiger partial charge in [0.2, 0.25) is 10.9 Å². The molecule has 6 aromatic heterocycles. The van der Waals surface area contributed by atoms with Crippen molar-refractivity contribution in [3.8, 4) is 0 Å². The number of anilines is 2. The Balaban J connectivity index is 0.000000217. The lowest BCUT2D eigenvalue weighted by Crippen LogP contribution is -2.28. The average molecular weight is 1450 g/mol. The normalized spacial score (nSPS) is 10.3. The van der Waals surface area contributed by atoms with Crippen LogP contribution in [-0.2, 0) is 30.3 Å². The molecule has 6 N–H and O–H groups in total. The number of nitrogens with zero attached hydrogens (tertiary/aromatic N) is 4. The van der Waals surface area contributed by atoms with Crippen molar-refractivity contribution in [3.05, 3.63) is 164 Å². The number of aromatic amines is 2. The Kier molecular flexibility index (Phi) is 23.7. The Morgan fingerprint density at radius 1 is 0.639 bits per heavy atom. The minimum atomic E-state index is -0.731. The van der Waals surface area contributed by atoms with Crippen LogP contribution in [0.25, 0.3) is 22.1 Å². The van der Waals surface area contributed by atoms with Crippen molar-refractivity contribution >= 4 is 159 Å². The molecule has 7 aromatic rings. The fourth-order valence-corrected chi connectivity index (χ4v) is 7.38. The van der Waals surface area contributed by atoms with E-state index < -0.39 is 23.8 Å². The van der Waals surface area contributed by atoms with Gasteiger partial charge in [0.05, 0.1) is 53.4 Å². The fraction of sp³-hybridized carbons (Fsp3) is 0.224. The number of H-pyrrole nitrogens is 2. The van der Waals surface area contributed by atoms with Crippen LogP contribution in [0.3, 0.4) is 0 Å². The number of nitrogen functional groups attached to an aromatic ring is 1. The van der Waals surface area contributed by atoms with Crippen molar-refractivity contribution in [2.75, 3.05) is 30.9 Å². The molecule has 0 aliphatic heterocycles. The minimum Gasteiger partial charge on any atom is -0.462 e. The zero-order valence-electron chi connectivity index (χ0n) is 39.8. The molecule has 1 amide bonds. The van der Waals surface area contributed by atoms with Gasteiger partial charge in [-0.15, -0.1) is 0 Å². The number of rotatable bonds is 11. The molecule has 0 atom stereocenters. The third-order valence-electron chi connectivity index (χ3n) is 9.51. The Bertz CT molecular complexity index is 3240. The Labute approximate surface area is 473 Å². The topological polar surface area (TPSA) is 263 Å². The highest BCUT2D eigenvalue weighted by atomic mass is 127. The first-order chi connectivity index (χ1) is 34.2. The summed E-state index contributed by atoms with van der Waals surface area (Å²) in [5.74, 6) is -1.39. The minimum absolute atomic E-state index is 0.00537. The number of aryl methyl sites for hydroxylation is 4. The van der Waals surface area contributed by atoms with Crippen molar-refractivity contribution in [2.24, 2.45) is 0 Å². The number of halogens is 5. The fourth-order valence-electron chi connectivity index (χ4n) is 5.79. The molecule has 0 unspecified atom stereocenters. The summed E-state index contributed by atoms with van der Waals surface area (Å²) >= 11 is 14.4. The summed E-state index contributed by atoms with van der Waals surface area (Å²) in [4.78, 5) is 94.8. The Hall–Kier alpha value is -5.33. The highest BCUT2D eigenvalue weighted by molar-refractivity contribution is 14.1. The van der Waals surface area contributed by atoms with E-state index in [1.165, 1.54) is 18.6 Å². The quantitative estimate of drug-likeness (QED) is 0.0202. The number of nitrogens with two attached hydrogens (primary N) is 1. The molecule has 0 aliphatic rings. The molecule has 0 spiro atoms. The lowest BCUT2D eigenvalue weighted by Gasteiger charge is -2.08. The van der Waals surface area contributed by atoms with Crippen LogP contribution in [-0.4, -0.2) is 73.5 Å². The van der Waals surface area contributed by atoms with Crippen molar-refractivity contribution in [3.63, 3.8) is 0 Å². The summed E-state index contributed by atoms with van der Waals surface area (Å²) in [6.07, 6.45) is 4.01. The lowest BCUT2D eigenvalue weighted by molar-refractivity contribution is -0.146. The van der Waals surface area contributed by atoms with E-state index in [9.17, 15) is 28.8 Å². The predicted molar refractivity (Wildman–Crippen MR) is 311 cm³/mol. The van der Waals surface area contributed by atoms with Gasteiger partial charge in [-0.2, -0.15) is 0 Å². The molecule has 23 heteroatoms. The maximum atomic E-state index is 12.5. The Morgan fingerprint density at radius 2 is 1.11 bits per heavy atom. The summed E-state index contributed by atoms with van der Waals surface area (Å²) < 4.78 is 18.4. The molecular formula is C49H48ClI4N9O9. The third-order valence-corrected chi connectivity index (χ3v) is 14.2. The number of benzene rings is 1. The Morgan fingerprint density at radius 3 is 1.60 bits per heavy atom. The number of nitrogens with one attached hydrogen (secondary N) is 4. The largest absolute Gasteiger partial charge is 0.462 e. The monoisotopic (exact) mass is 1450 g/mol. The van der Waals surface area contributed by atoms with Crippen LogP contribution in [0.1, 0.15) is 69.8 Å². The van der Waals surface area contributed by atoms with E-state index in [2.05, 4.69) is 131 Å². The van der Waals surface area contributed by atoms with Crippen LogP contribution < -0.4 is 27.2 Å². The van der Waals surface area contributed by atoms with Gasteiger partial charge >= 0.3 is 17.9 Å². The maximum Gasteiger partial charge on any atom is 0.347 e. The van der Waals surface area contributed by atoms with Crippen LogP contribution >= 0.6 is 102 Å². The van der Waals surface area contributed by atoms with Crippen LogP contribution in [0.15, 0.2) is 94.4 Å². The second kappa shape index (κ2) is 28.8. The van der Waals surface area contributed by atoms with Crippen LogP contribution in [0.5, 0.6) is 0 Å². The summed E-state index contributed by atoms with van der Waals surface area (Å²) in [6.45, 7) is 13.5. The average Bonchev–Trinajstić information content (AvgIpc) is 3.33. The predicted octanol–water partition coefficient (Wildman–Crippen LogP) is 9.43. The molecule has 0 saturated heterocycles. The van der Waals surface area contributed by atoms with Gasteiger partial charge < -0.3 is 40.5 Å². The van der Waals surface area contributed by atoms with E-state index in [0.29, 0.717) is 45.3 Å². The first-order valence-corrected chi connectivity index (χ1v) is 26.3. The van der Waals surface area contributed by atoms with Crippen LogP contribution in [0, 0.1) is 42.0 Å². The molecule has 1 aromatic carbocycles. The second-order valence-electron chi connectivity index (χ2n) is 14.7. The number of ether oxygens (including phenoxy) is 3. The molecule has 0 aliphatic carbocycles. The zero-order valence-corrected chi connectivity index (χ0v) is 49.2. The molecule has 0 fully saturated rings. The molecule has 7 rings (SSSR count). The molecule has 72 heavy (non-hydrogen) atoms. The van der Waals surface area contributed by atoms with Gasteiger partial charge in [-0.1, -0.05) is 23.7 Å². The maximum absolute atomic E-state index is 12.5. The van der Waals surface area contributed by atoms with Gasteiger partial charge in [0.1, 0.15) is 34.1 Å². The van der Waals surface area contributed by atoms with E-state index in [1.807, 2.05) is 52.0 Å². The highest BCUT2D eigenvalue weighted by Gasteiger charge is 2.21. The number of esters is 3. The van der Waals surface area contributed by atoms with E-state index in [0.717, 1.165) is 42.6 Å². The number of hydrogen-bond donors (Lipinski definition) is 5. The van der Waals surface area contributed by atoms with Crippen molar-refractivity contribution in [2.45, 2.75) is 55.0 Å². The summed E-state index contributed by atoms with van der Waals surface area (Å²) in [5, 5.41) is 6.99. The number of amides is 1. The molecule has 0 bridgehead atoms. The van der Waals surface area contributed by atoms with Crippen LogP contribution in [0.4, 0.5) is 11.6 Å². The van der Waals surface area contributed by atoms with E-state index in [4.69, 9.17) is 31.5 Å². The summed E-state index contributed by atoms with van der Waals surface area (Å²) in [7, 11) is 0. The molecule has 0 saturated carbocycles. The van der Waals surface area contributed by atoms with Gasteiger partial charge in [-0.05, 0) is 193 Å². The number of aromatic nitrogens is 6. The van der Waals surface area contributed by atoms with Crippen molar-refractivity contribution in [1.29, 1.82) is 0 Å². The first-order valence-electron chi connectivity index (χ1n) is 21.6. The van der Waals surface area contributed by atoms with Gasteiger partial charge in [-0.25, -0.2) is 34.3 Å². The zero-order chi connectivity index (χ0) is 53.2. The van der Waals surface area contributed by atoms with Crippen LogP contribution in [0.2, 0.25) is 5.02 Å². The number of pyridine rings is 6. The molecule has 378 valence electrons.